The molecule has 5 heteroatoms. The van der Waals surface area contributed by atoms with Gasteiger partial charge in [0.1, 0.15) is 5.82 Å². The van der Waals surface area contributed by atoms with Gasteiger partial charge in [0.2, 0.25) is 0 Å². The number of halogens is 1. The van der Waals surface area contributed by atoms with Crippen LogP contribution in [-0.2, 0) is 12.8 Å². The van der Waals surface area contributed by atoms with E-state index in [0.29, 0.717) is 6.54 Å². The fourth-order valence-corrected chi connectivity index (χ4v) is 6.25. The van der Waals surface area contributed by atoms with E-state index < -0.39 is 0 Å². The van der Waals surface area contributed by atoms with E-state index in [4.69, 9.17) is 0 Å². The first kappa shape index (κ1) is 19.4. The molecule has 1 aliphatic heterocycles. The van der Waals surface area contributed by atoms with Gasteiger partial charge in [-0.2, -0.15) is 0 Å². The van der Waals surface area contributed by atoms with Gasteiger partial charge in [-0.05, 0) is 61.4 Å². The van der Waals surface area contributed by atoms with E-state index in [-0.39, 0.29) is 23.9 Å². The fraction of sp³-hybridized carbons (Fsp3) is 0.522. The summed E-state index contributed by atoms with van der Waals surface area (Å²) in [5.41, 5.74) is 3.82. The van der Waals surface area contributed by atoms with Gasteiger partial charge in [0, 0.05) is 22.3 Å². The minimum Gasteiger partial charge on any atom is -0.335 e. The molecule has 0 spiro atoms. The summed E-state index contributed by atoms with van der Waals surface area (Å²) in [4.78, 5) is 17.8. The molecule has 0 radical (unpaired) electrons. The molecule has 0 saturated heterocycles. The Balaban J connectivity index is 1.68. The highest BCUT2D eigenvalue weighted by Crippen LogP contribution is 2.43. The topological polar surface area (TPSA) is 32.3 Å². The molecule has 2 aromatic rings. The van der Waals surface area contributed by atoms with Gasteiger partial charge in [-0.25, -0.2) is 9.18 Å². The average Bonchev–Trinajstić information content (AvgIpc) is 3.03. The second-order valence-electron chi connectivity index (χ2n) is 8.02. The van der Waals surface area contributed by atoms with Gasteiger partial charge in [0.05, 0.1) is 6.04 Å². The number of carbonyl (C=O) groups is 1. The quantitative estimate of drug-likeness (QED) is 0.699. The summed E-state index contributed by atoms with van der Waals surface area (Å²) in [6.45, 7) is 5.08. The molecule has 4 rings (SSSR count). The van der Waals surface area contributed by atoms with Crippen LogP contribution in [0.1, 0.15) is 71.5 Å². The number of rotatable bonds is 3. The van der Waals surface area contributed by atoms with Crippen molar-refractivity contribution in [2.24, 2.45) is 0 Å². The predicted molar refractivity (Wildman–Crippen MR) is 112 cm³/mol. The molecule has 0 unspecified atom stereocenters. The van der Waals surface area contributed by atoms with E-state index in [0.717, 1.165) is 31.2 Å². The molecule has 2 heterocycles. The zero-order chi connectivity index (χ0) is 19.7. The second kappa shape index (κ2) is 8.24. The zero-order valence-electron chi connectivity index (χ0n) is 16.8. The lowest BCUT2D eigenvalue weighted by Gasteiger charge is -2.37. The van der Waals surface area contributed by atoms with Crippen LogP contribution in [0.2, 0.25) is 0 Å². The van der Waals surface area contributed by atoms with Crippen LogP contribution in [0.15, 0.2) is 24.3 Å². The number of aryl methyl sites for hydroxylation is 1. The van der Waals surface area contributed by atoms with Gasteiger partial charge >= 0.3 is 6.03 Å². The number of nitrogens with one attached hydrogen (secondary N) is 1. The highest BCUT2D eigenvalue weighted by atomic mass is 32.1. The Kier molecular flexibility index (Phi) is 5.72. The maximum absolute atomic E-state index is 13.5. The Morgan fingerprint density at radius 1 is 1.21 bits per heavy atom. The second-order valence-corrected chi connectivity index (χ2v) is 9.27. The Morgan fingerprint density at radius 3 is 2.61 bits per heavy atom. The monoisotopic (exact) mass is 400 g/mol. The van der Waals surface area contributed by atoms with E-state index in [1.165, 1.54) is 52.3 Å². The van der Waals surface area contributed by atoms with Gasteiger partial charge < -0.3 is 10.2 Å². The van der Waals surface area contributed by atoms with Crippen LogP contribution in [-0.4, -0.2) is 23.5 Å². The van der Waals surface area contributed by atoms with Crippen LogP contribution in [0, 0.1) is 12.7 Å². The van der Waals surface area contributed by atoms with Crippen LogP contribution < -0.4 is 5.32 Å². The lowest BCUT2D eigenvalue weighted by molar-refractivity contribution is 0.174. The van der Waals surface area contributed by atoms with Crippen LogP contribution in [0.3, 0.4) is 0 Å². The minimum absolute atomic E-state index is 0.0241. The van der Waals surface area contributed by atoms with Crippen LogP contribution in [0.25, 0.3) is 0 Å². The zero-order valence-corrected chi connectivity index (χ0v) is 17.6. The molecule has 0 bridgehead atoms. The smallest absolute Gasteiger partial charge is 0.318 e. The van der Waals surface area contributed by atoms with E-state index >= 15 is 0 Å². The molecule has 1 aromatic carbocycles. The number of carbonyl (C=O) groups excluding carboxylic acids is 1. The number of hydrogen-bond acceptors (Lipinski definition) is 2. The number of amides is 2. The molecule has 1 N–H and O–H groups in total. The lowest BCUT2D eigenvalue weighted by atomic mass is 9.91. The first-order valence-corrected chi connectivity index (χ1v) is 11.3. The molecule has 150 valence electrons. The van der Waals surface area contributed by atoms with Gasteiger partial charge in [-0.15, -0.1) is 11.3 Å². The molecule has 1 aliphatic carbocycles. The minimum atomic E-state index is -0.241. The summed E-state index contributed by atoms with van der Waals surface area (Å²) in [6.07, 6.45) is 7.72. The summed E-state index contributed by atoms with van der Waals surface area (Å²) in [5.74, 6) is -0.241. The van der Waals surface area contributed by atoms with Crippen molar-refractivity contribution in [3.8, 4) is 0 Å². The third-order valence-electron chi connectivity index (χ3n) is 6.25. The Morgan fingerprint density at radius 2 is 1.93 bits per heavy atom. The highest BCUT2D eigenvalue weighted by molar-refractivity contribution is 7.12. The first-order chi connectivity index (χ1) is 13.6. The molecule has 2 aliphatic rings. The molecule has 1 atom stereocenters. The average molecular weight is 401 g/mol. The van der Waals surface area contributed by atoms with Crippen molar-refractivity contribution in [2.75, 3.05) is 6.54 Å². The largest absolute Gasteiger partial charge is 0.335 e. The predicted octanol–water partition coefficient (Wildman–Crippen LogP) is 5.75. The van der Waals surface area contributed by atoms with Crippen LogP contribution >= 0.6 is 11.3 Å². The van der Waals surface area contributed by atoms with E-state index in [2.05, 4.69) is 19.2 Å². The normalized spacial score (nSPS) is 20.1. The number of benzene rings is 1. The summed E-state index contributed by atoms with van der Waals surface area (Å²) in [7, 11) is 0. The molecular weight excluding hydrogens is 371 g/mol. The Hall–Kier alpha value is -1.88. The summed E-state index contributed by atoms with van der Waals surface area (Å²) < 4.78 is 13.5. The SMILES string of the molecule is CCc1c(C)sc2c1CCN(C(=O)NC1CCCCC1)[C@H]2c1ccc(F)cc1. The Bertz CT molecular complexity index is 839. The molecule has 1 fully saturated rings. The summed E-state index contributed by atoms with van der Waals surface area (Å²) >= 11 is 1.80. The lowest BCUT2D eigenvalue weighted by Crippen LogP contribution is -2.49. The number of fused-ring (bicyclic) bond motifs is 1. The van der Waals surface area contributed by atoms with Crippen molar-refractivity contribution in [3.63, 3.8) is 0 Å². The van der Waals surface area contributed by atoms with Crippen molar-refractivity contribution in [3.05, 3.63) is 56.5 Å². The third kappa shape index (κ3) is 3.69. The van der Waals surface area contributed by atoms with Gasteiger partial charge in [-0.1, -0.05) is 38.3 Å². The Labute approximate surface area is 170 Å². The van der Waals surface area contributed by atoms with Crippen molar-refractivity contribution in [1.29, 1.82) is 0 Å². The summed E-state index contributed by atoms with van der Waals surface area (Å²) in [5, 5.41) is 3.28. The van der Waals surface area contributed by atoms with E-state index in [9.17, 15) is 9.18 Å². The third-order valence-corrected chi connectivity index (χ3v) is 7.49. The van der Waals surface area contributed by atoms with Crippen LogP contribution in [0.4, 0.5) is 9.18 Å². The maximum atomic E-state index is 13.5. The number of urea groups is 1. The molecular formula is C23H29FN2OS. The molecule has 3 nitrogen and oxygen atoms in total. The van der Waals surface area contributed by atoms with Crippen molar-refractivity contribution >= 4 is 17.4 Å². The fourth-order valence-electron chi connectivity index (χ4n) is 4.81. The summed E-state index contributed by atoms with van der Waals surface area (Å²) in [6, 6.07) is 6.85. The highest BCUT2D eigenvalue weighted by Gasteiger charge is 2.36. The number of hydrogen-bond donors (Lipinski definition) is 1. The van der Waals surface area contributed by atoms with Gasteiger partial charge in [0.25, 0.3) is 0 Å². The first-order valence-electron chi connectivity index (χ1n) is 10.5. The molecule has 2 amide bonds. The molecule has 1 saturated carbocycles. The maximum Gasteiger partial charge on any atom is 0.318 e. The molecule has 1 aromatic heterocycles. The van der Waals surface area contributed by atoms with Gasteiger partial charge in [-0.3, -0.25) is 0 Å². The van der Waals surface area contributed by atoms with Crippen molar-refractivity contribution in [1.82, 2.24) is 10.2 Å². The van der Waals surface area contributed by atoms with E-state index in [1.54, 1.807) is 11.3 Å². The van der Waals surface area contributed by atoms with E-state index in [1.807, 2.05) is 17.0 Å². The van der Waals surface area contributed by atoms with Gasteiger partial charge in [0.15, 0.2) is 0 Å². The van der Waals surface area contributed by atoms with Crippen molar-refractivity contribution in [2.45, 2.75) is 70.9 Å². The van der Waals surface area contributed by atoms with Crippen LogP contribution in [0.5, 0.6) is 0 Å². The number of nitrogens with zero attached hydrogens (tertiary/aromatic N) is 1. The number of thiophene rings is 1. The standard InChI is InChI=1S/C23H29FN2OS/c1-3-19-15(2)28-22-20(19)13-14-26(21(22)16-9-11-17(24)12-10-16)23(27)25-18-7-5-4-6-8-18/h9-12,18,21H,3-8,13-14H2,1-2H3,(H,25,27)/t21-/m0/s1. The van der Waals surface area contributed by atoms with Crippen molar-refractivity contribution < 1.29 is 9.18 Å². The molecule has 28 heavy (non-hydrogen) atoms.